The second-order valence-corrected chi connectivity index (χ2v) is 13.3. The van der Waals surface area contributed by atoms with Gasteiger partial charge in [-0.05, 0) is 23.7 Å². The molecule has 0 aliphatic carbocycles. The van der Waals surface area contributed by atoms with Gasteiger partial charge in [-0.3, -0.25) is 0 Å². The Bertz CT molecular complexity index is 592. The van der Waals surface area contributed by atoms with Crippen LogP contribution in [0.1, 0.15) is 32.4 Å². The molecule has 0 spiro atoms. The fraction of sp³-hybridized carbons (Fsp3) is 0.500. The fourth-order valence-electron chi connectivity index (χ4n) is 1.64. The first-order valence-electron chi connectivity index (χ1n) is 7.32. The average Bonchev–Trinajstić information content (AvgIpc) is 2.43. The predicted molar refractivity (Wildman–Crippen MR) is 94.6 cm³/mol. The summed E-state index contributed by atoms with van der Waals surface area (Å²) in [5.74, 6) is 0. The predicted octanol–water partition coefficient (Wildman–Crippen LogP) is 3.81. The minimum atomic E-state index is -3.52. The molecule has 1 unspecified atom stereocenters. The van der Waals surface area contributed by atoms with Crippen LogP contribution < -0.4 is 4.72 Å². The molecular weight excluding hydrogens is 314 g/mol. The highest BCUT2D eigenvalue weighted by Gasteiger charge is 2.37. The van der Waals surface area contributed by atoms with E-state index in [9.17, 15) is 8.42 Å². The molecule has 1 rings (SSSR count). The van der Waals surface area contributed by atoms with Gasteiger partial charge in [0.2, 0.25) is 10.0 Å². The van der Waals surface area contributed by atoms with Crippen LogP contribution in [0.3, 0.4) is 0 Å². The zero-order chi connectivity index (χ0) is 17.0. The third kappa shape index (κ3) is 5.35. The molecule has 22 heavy (non-hydrogen) atoms. The summed E-state index contributed by atoms with van der Waals surface area (Å²) >= 11 is 0. The normalized spacial score (nSPS) is 14.6. The first-order chi connectivity index (χ1) is 9.98. The first-order valence-corrected chi connectivity index (χ1v) is 11.8. The maximum Gasteiger partial charge on any atom is 0.233 e. The van der Waals surface area contributed by atoms with Gasteiger partial charge in [0.05, 0.1) is 12.6 Å². The molecule has 0 aromatic heterocycles. The van der Waals surface area contributed by atoms with Crippen LogP contribution in [0.5, 0.6) is 0 Å². The third-order valence-electron chi connectivity index (χ3n) is 4.14. The van der Waals surface area contributed by atoms with Gasteiger partial charge in [0.15, 0.2) is 8.32 Å². The number of rotatable bonds is 7. The lowest BCUT2D eigenvalue weighted by Gasteiger charge is -2.37. The minimum absolute atomic E-state index is 0.0750. The van der Waals surface area contributed by atoms with Crippen molar-refractivity contribution in [1.29, 1.82) is 0 Å². The van der Waals surface area contributed by atoms with Crippen molar-refractivity contribution in [2.24, 2.45) is 0 Å². The van der Waals surface area contributed by atoms with E-state index in [0.29, 0.717) is 6.61 Å². The van der Waals surface area contributed by atoms with Gasteiger partial charge in [-0.2, -0.15) is 0 Å². The number of hydrogen-bond donors (Lipinski definition) is 1. The van der Waals surface area contributed by atoms with Crippen molar-refractivity contribution in [2.45, 2.75) is 44.9 Å². The van der Waals surface area contributed by atoms with E-state index in [1.165, 1.54) is 0 Å². The van der Waals surface area contributed by atoms with Gasteiger partial charge in [0.1, 0.15) is 0 Å². The van der Waals surface area contributed by atoms with E-state index in [0.717, 1.165) is 11.0 Å². The van der Waals surface area contributed by atoms with Crippen molar-refractivity contribution >= 4 is 18.3 Å². The Hall–Kier alpha value is -0.953. The van der Waals surface area contributed by atoms with Gasteiger partial charge in [-0.25, -0.2) is 13.1 Å². The van der Waals surface area contributed by atoms with Crippen LogP contribution in [0.15, 0.2) is 42.3 Å². The molecule has 0 fully saturated rings. The molecular formula is C16H27NO3SSi. The van der Waals surface area contributed by atoms with E-state index in [1.807, 2.05) is 30.3 Å². The molecule has 1 aromatic rings. The zero-order valence-electron chi connectivity index (χ0n) is 14.1. The lowest BCUT2D eigenvalue weighted by Crippen LogP contribution is -2.43. The van der Waals surface area contributed by atoms with Crippen LogP contribution in [-0.2, 0) is 14.4 Å². The largest absolute Gasteiger partial charge is 0.415 e. The highest BCUT2D eigenvalue weighted by Crippen LogP contribution is 2.37. The first kappa shape index (κ1) is 19.1. The van der Waals surface area contributed by atoms with Gasteiger partial charge in [0.25, 0.3) is 0 Å². The summed E-state index contributed by atoms with van der Waals surface area (Å²) < 4.78 is 32.5. The monoisotopic (exact) mass is 341 g/mol. The summed E-state index contributed by atoms with van der Waals surface area (Å²) in [6.45, 7) is 14.4. The zero-order valence-corrected chi connectivity index (χ0v) is 15.9. The van der Waals surface area contributed by atoms with Gasteiger partial charge < -0.3 is 4.43 Å². The summed E-state index contributed by atoms with van der Waals surface area (Å²) in [6, 6.07) is 9.04. The molecule has 0 saturated carbocycles. The molecule has 0 aliphatic rings. The lowest BCUT2D eigenvalue weighted by atomic mass is 10.1. The lowest BCUT2D eigenvalue weighted by molar-refractivity contribution is 0.257. The van der Waals surface area contributed by atoms with Gasteiger partial charge >= 0.3 is 0 Å². The van der Waals surface area contributed by atoms with Gasteiger partial charge in [-0.1, -0.05) is 57.7 Å². The van der Waals surface area contributed by atoms with Crippen molar-refractivity contribution in [3.05, 3.63) is 47.9 Å². The van der Waals surface area contributed by atoms with Crippen molar-refractivity contribution in [2.75, 3.05) is 6.61 Å². The molecule has 0 heterocycles. The topological polar surface area (TPSA) is 55.4 Å². The van der Waals surface area contributed by atoms with Crippen molar-refractivity contribution < 1.29 is 12.8 Å². The number of sulfonamides is 1. The third-order valence-corrected chi connectivity index (χ3v) is 9.70. The summed E-state index contributed by atoms with van der Waals surface area (Å²) in [4.78, 5) is 0. The fourth-order valence-corrected chi connectivity index (χ4v) is 3.35. The maximum absolute atomic E-state index is 11.8. The van der Waals surface area contributed by atoms with Crippen LogP contribution in [0.2, 0.25) is 18.1 Å². The molecule has 0 amide bonds. The number of nitrogens with one attached hydrogen (secondary N) is 1. The summed E-state index contributed by atoms with van der Waals surface area (Å²) in [6.07, 6.45) is 0. The smallest absolute Gasteiger partial charge is 0.233 e. The van der Waals surface area contributed by atoms with Crippen LogP contribution in [0.25, 0.3) is 0 Å². The SMILES string of the molecule is C=CS(=O)(=O)NC(CO[Si](C)(C)C(C)(C)C)c1ccccc1. The summed E-state index contributed by atoms with van der Waals surface area (Å²) in [5, 5.41) is 1.00. The van der Waals surface area contributed by atoms with E-state index in [-0.39, 0.29) is 5.04 Å². The second kappa shape index (κ2) is 7.08. The Labute approximate surface area is 135 Å². The van der Waals surface area contributed by atoms with E-state index in [2.05, 4.69) is 45.2 Å². The molecule has 0 saturated heterocycles. The van der Waals surface area contributed by atoms with E-state index < -0.39 is 24.4 Å². The molecule has 0 bridgehead atoms. The highest BCUT2D eigenvalue weighted by atomic mass is 32.2. The minimum Gasteiger partial charge on any atom is -0.415 e. The van der Waals surface area contributed by atoms with Crippen molar-refractivity contribution in [3.8, 4) is 0 Å². The van der Waals surface area contributed by atoms with E-state index >= 15 is 0 Å². The Balaban J connectivity index is 2.96. The Morgan fingerprint density at radius 1 is 1.27 bits per heavy atom. The van der Waals surface area contributed by atoms with Crippen LogP contribution in [0.4, 0.5) is 0 Å². The summed E-state index contributed by atoms with van der Waals surface area (Å²) in [5.41, 5.74) is 0.881. The van der Waals surface area contributed by atoms with Crippen LogP contribution in [-0.4, -0.2) is 23.3 Å². The second-order valence-electron chi connectivity index (χ2n) is 6.86. The Morgan fingerprint density at radius 3 is 2.27 bits per heavy atom. The van der Waals surface area contributed by atoms with Gasteiger partial charge in [0, 0.05) is 5.41 Å². The summed E-state index contributed by atoms with van der Waals surface area (Å²) in [7, 11) is -5.47. The van der Waals surface area contributed by atoms with E-state index in [4.69, 9.17) is 4.43 Å². The quantitative estimate of drug-likeness (QED) is 0.767. The van der Waals surface area contributed by atoms with Crippen molar-refractivity contribution in [3.63, 3.8) is 0 Å². The Morgan fingerprint density at radius 2 is 1.82 bits per heavy atom. The average molecular weight is 342 g/mol. The molecule has 4 nitrogen and oxygen atoms in total. The van der Waals surface area contributed by atoms with E-state index in [1.54, 1.807) is 0 Å². The van der Waals surface area contributed by atoms with Crippen molar-refractivity contribution in [1.82, 2.24) is 4.72 Å². The highest BCUT2D eigenvalue weighted by molar-refractivity contribution is 7.92. The molecule has 1 aromatic carbocycles. The number of benzene rings is 1. The maximum atomic E-state index is 11.8. The molecule has 1 N–H and O–H groups in total. The molecule has 6 heteroatoms. The number of hydrogen-bond acceptors (Lipinski definition) is 3. The van der Waals surface area contributed by atoms with Crippen LogP contribution >= 0.6 is 0 Å². The molecule has 1 atom stereocenters. The molecule has 0 radical (unpaired) electrons. The van der Waals surface area contributed by atoms with Crippen LogP contribution in [0, 0.1) is 0 Å². The molecule has 0 aliphatic heterocycles. The Kier molecular flexibility index (Phi) is 6.15. The standard InChI is InChI=1S/C16H27NO3SSi/c1-7-21(18,19)17-15(14-11-9-8-10-12-14)13-20-22(5,6)16(2,3)4/h7-12,15,17H,1,13H2,2-6H3. The van der Waals surface area contributed by atoms with Gasteiger partial charge in [-0.15, -0.1) is 0 Å². The molecule has 124 valence electrons.